The maximum atomic E-state index is 12.2. The number of carbonyl (C=O) groups is 1. The van der Waals surface area contributed by atoms with Crippen molar-refractivity contribution in [3.05, 3.63) is 78.4 Å². The zero-order chi connectivity index (χ0) is 17.5. The summed E-state index contributed by atoms with van der Waals surface area (Å²) >= 11 is 0. The molecule has 0 aliphatic carbocycles. The molecule has 0 saturated heterocycles. The Labute approximate surface area is 146 Å². The van der Waals surface area contributed by atoms with Crippen LogP contribution in [0.3, 0.4) is 0 Å². The zero-order valence-electron chi connectivity index (χ0n) is 14.1. The summed E-state index contributed by atoms with van der Waals surface area (Å²) in [5.74, 6) is 0. The van der Waals surface area contributed by atoms with Gasteiger partial charge in [-0.3, -0.25) is 4.98 Å². The first kappa shape index (κ1) is 16.7. The van der Waals surface area contributed by atoms with E-state index in [0.717, 1.165) is 23.2 Å². The number of hydrogen-bond acceptors (Lipinski definition) is 3. The van der Waals surface area contributed by atoms with E-state index in [1.54, 1.807) is 23.3 Å². The first-order valence-corrected chi connectivity index (χ1v) is 8.29. The Morgan fingerprint density at radius 1 is 1.16 bits per heavy atom. The average Bonchev–Trinajstić information content (AvgIpc) is 3.15. The normalized spacial score (nSPS) is 11.7. The van der Waals surface area contributed by atoms with Gasteiger partial charge in [-0.2, -0.15) is 5.10 Å². The Morgan fingerprint density at radius 3 is 2.64 bits per heavy atom. The molecule has 1 atom stereocenters. The molecule has 128 valence electrons. The number of hydrogen-bond donors (Lipinski definition) is 2. The lowest BCUT2D eigenvalue weighted by molar-refractivity contribution is 0.236. The summed E-state index contributed by atoms with van der Waals surface area (Å²) in [6.45, 7) is 2.46. The SMILES string of the molecule is CCC(NC(=O)NCc1cnn(-c2ccccc2)c1)c1ccncc1. The molecule has 0 radical (unpaired) electrons. The minimum atomic E-state index is -0.198. The molecular weight excluding hydrogens is 314 g/mol. The van der Waals surface area contributed by atoms with Crippen molar-refractivity contribution in [3.63, 3.8) is 0 Å². The smallest absolute Gasteiger partial charge is 0.315 e. The highest BCUT2D eigenvalue weighted by Gasteiger charge is 2.12. The molecule has 3 rings (SSSR count). The molecular formula is C19H21N5O. The van der Waals surface area contributed by atoms with Gasteiger partial charge in [0.05, 0.1) is 17.9 Å². The van der Waals surface area contributed by atoms with Crippen LogP contribution in [0.25, 0.3) is 5.69 Å². The number of aromatic nitrogens is 3. The molecule has 3 aromatic rings. The van der Waals surface area contributed by atoms with Crippen molar-refractivity contribution in [2.45, 2.75) is 25.9 Å². The summed E-state index contributed by atoms with van der Waals surface area (Å²) in [7, 11) is 0. The van der Waals surface area contributed by atoms with Gasteiger partial charge in [-0.1, -0.05) is 25.1 Å². The van der Waals surface area contributed by atoms with Crippen LogP contribution in [0.4, 0.5) is 4.79 Å². The lowest BCUT2D eigenvalue weighted by atomic mass is 10.1. The van der Waals surface area contributed by atoms with E-state index >= 15 is 0 Å². The molecule has 6 heteroatoms. The van der Waals surface area contributed by atoms with Gasteiger partial charge in [0.25, 0.3) is 0 Å². The molecule has 0 saturated carbocycles. The molecule has 2 amide bonds. The second kappa shape index (κ2) is 8.10. The molecule has 25 heavy (non-hydrogen) atoms. The number of nitrogens with zero attached hydrogens (tertiary/aromatic N) is 3. The molecule has 0 fully saturated rings. The Kier molecular flexibility index (Phi) is 5.41. The highest BCUT2D eigenvalue weighted by molar-refractivity contribution is 5.74. The summed E-state index contributed by atoms with van der Waals surface area (Å²) in [5.41, 5.74) is 2.97. The number of urea groups is 1. The van der Waals surface area contributed by atoms with Crippen LogP contribution < -0.4 is 10.6 Å². The average molecular weight is 335 g/mol. The van der Waals surface area contributed by atoms with Gasteiger partial charge in [-0.05, 0) is 36.2 Å². The van der Waals surface area contributed by atoms with Crippen LogP contribution in [0, 0.1) is 0 Å². The highest BCUT2D eigenvalue weighted by atomic mass is 16.2. The summed E-state index contributed by atoms with van der Waals surface area (Å²) in [4.78, 5) is 16.2. The number of benzene rings is 1. The van der Waals surface area contributed by atoms with Crippen LogP contribution in [0.15, 0.2) is 67.3 Å². The predicted molar refractivity (Wildman–Crippen MR) is 96.2 cm³/mol. The van der Waals surface area contributed by atoms with Crippen LogP contribution in [0.2, 0.25) is 0 Å². The number of nitrogens with one attached hydrogen (secondary N) is 2. The van der Waals surface area contributed by atoms with Crippen molar-refractivity contribution in [3.8, 4) is 5.69 Å². The molecule has 0 spiro atoms. The maximum Gasteiger partial charge on any atom is 0.315 e. The third kappa shape index (κ3) is 4.44. The van der Waals surface area contributed by atoms with Crippen molar-refractivity contribution in [2.24, 2.45) is 0 Å². The number of amides is 2. The lowest BCUT2D eigenvalue weighted by Crippen LogP contribution is -2.37. The minimum Gasteiger partial charge on any atom is -0.334 e. The van der Waals surface area contributed by atoms with Gasteiger partial charge in [0.1, 0.15) is 0 Å². The monoisotopic (exact) mass is 335 g/mol. The van der Waals surface area contributed by atoms with E-state index in [1.807, 2.05) is 55.6 Å². The van der Waals surface area contributed by atoms with Crippen LogP contribution >= 0.6 is 0 Å². The lowest BCUT2D eigenvalue weighted by Gasteiger charge is -2.17. The zero-order valence-corrected chi connectivity index (χ0v) is 14.1. The van der Waals surface area contributed by atoms with E-state index in [0.29, 0.717) is 6.54 Å². The second-order valence-corrected chi connectivity index (χ2v) is 5.70. The number of rotatable bonds is 6. The van der Waals surface area contributed by atoms with Gasteiger partial charge in [0.2, 0.25) is 0 Å². The van der Waals surface area contributed by atoms with E-state index in [2.05, 4.69) is 20.7 Å². The first-order valence-electron chi connectivity index (χ1n) is 8.29. The third-order valence-corrected chi connectivity index (χ3v) is 3.93. The van der Waals surface area contributed by atoms with Gasteiger partial charge in [0.15, 0.2) is 0 Å². The van der Waals surface area contributed by atoms with E-state index in [-0.39, 0.29) is 12.1 Å². The van der Waals surface area contributed by atoms with Crippen molar-refractivity contribution < 1.29 is 4.79 Å². The van der Waals surface area contributed by atoms with Gasteiger partial charge in [0, 0.05) is 30.7 Å². The minimum absolute atomic E-state index is 0.0324. The van der Waals surface area contributed by atoms with Crippen LogP contribution in [0.5, 0.6) is 0 Å². The third-order valence-electron chi connectivity index (χ3n) is 3.93. The summed E-state index contributed by atoms with van der Waals surface area (Å²) in [5, 5.41) is 10.2. The molecule has 0 bridgehead atoms. The van der Waals surface area contributed by atoms with E-state index in [1.165, 1.54) is 0 Å². The summed E-state index contributed by atoms with van der Waals surface area (Å²) in [6.07, 6.45) is 7.94. The van der Waals surface area contributed by atoms with E-state index < -0.39 is 0 Å². The van der Waals surface area contributed by atoms with Crippen molar-refractivity contribution >= 4 is 6.03 Å². The van der Waals surface area contributed by atoms with Crippen molar-refractivity contribution in [2.75, 3.05) is 0 Å². The largest absolute Gasteiger partial charge is 0.334 e. The van der Waals surface area contributed by atoms with Crippen molar-refractivity contribution in [1.82, 2.24) is 25.4 Å². The van der Waals surface area contributed by atoms with Crippen LogP contribution in [-0.4, -0.2) is 20.8 Å². The number of para-hydroxylation sites is 1. The number of pyridine rings is 1. The topological polar surface area (TPSA) is 71.8 Å². The molecule has 1 unspecified atom stereocenters. The Bertz CT molecular complexity index is 801. The van der Waals surface area contributed by atoms with Crippen LogP contribution in [0.1, 0.15) is 30.5 Å². The fourth-order valence-electron chi connectivity index (χ4n) is 2.58. The highest BCUT2D eigenvalue weighted by Crippen LogP contribution is 2.15. The second-order valence-electron chi connectivity index (χ2n) is 5.70. The Morgan fingerprint density at radius 2 is 1.92 bits per heavy atom. The van der Waals surface area contributed by atoms with Gasteiger partial charge in [-0.25, -0.2) is 9.48 Å². The molecule has 0 aliphatic heterocycles. The summed E-state index contributed by atoms with van der Waals surface area (Å²) in [6, 6.07) is 13.5. The molecule has 2 aromatic heterocycles. The van der Waals surface area contributed by atoms with E-state index in [4.69, 9.17) is 0 Å². The van der Waals surface area contributed by atoms with Gasteiger partial charge >= 0.3 is 6.03 Å². The standard InChI is InChI=1S/C19H21N5O/c1-2-18(16-8-10-20-11-9-16)23-19(25)21-12-15-13-22-24(14-15)17-6-4-3-5-7-17/h3-11,13-14,18H,2,12H2,1H3,(H2,21,23,25). The van der Waals surface area contributed by atoms with Crippen LogP contribution in [-0.2, 0) is 6.54 Å². The van der Waals surface area contributed by atoms with Gasteiger partial charge < -0.3 is 10.6 Å². The molecule has 2 heterocycles. The fourth-order valence-corrected chi connectivity index (χ4v) is 2.58. The molecule has 6 nitrogen and oxygen atoms in total. The molecule has 1 aromatic carbocycles. The quantitative estimate of drug-likeness (QED) is 0.726. The van der Waals surface area contributed by atoms with E-state index in [9.17, 15) is 4.79 Å². The Balaban J connectivity index is 1.55. The maximum absolute atomic E-state index is 12.2. The molecule has 2 N–H and O–H groups in total. The molecule has 0 aliphatic rings. The fraction of sp³-hybridized carbons (Fsp3) is 0.211. The first-order chi connectivity index (χ1) is 12.3. The van der Waals surface area contributed by atoms with Crippen molar-refractivity contribution in [1.29, 1.82) is 0 Å². The Hall–Kier alpha value is -3.15. The van der Waals surface area contributed by atoms with Gasteiger partial charge in [-0.15, -0.1) is 0 Å². The summed E-state index contributed by atoms with van der Waals surface area (Å²) < 4.78 is 1.79. The number of carbonyl (C=O) groups excluding carboxylic acids is 1. The predicted octanol–water partition coefficient (Wildman–Crippen LogP) is 3.22.